The van der Waals surface area contributed by atoms with Crippen molar-refractivity contribution in [3.8, 4) is 0 Å². The van der Waals surface area contributed by atoms with Crippen molar-refractivity contribution >= 4 is 12.0 Å². The zero-order valence-electron chi connectivity index (χ0n) is 11.9. The molecule has 0 aromatic heterocycles. The van der Waals surface area contributed by atoms with Crippen LogP contribution in [0.3, 0.4) is 0 Å². The fraction of sp³-hybridized carbons (Fsp3) is 0.857. The fourth-order valence-electron chi connectivity index (χ4n) is 2.46. The molecule has 20 heavy (non-hydrogen) atoms. The molecule has 1 fully saturated rings. The molecule has 2 atom stereocenters. The molecule has 1 aliphatic rings. The van der Waals surface area contributed by atoms with Crippen LogP contribution in [-0.2, 0) is 4.79 Å². The third-order valence-corrected chi connectivity index (χ3v) is 3.65. The molecule has 2 amide bonds. The zero-order chi connectivity index (χ0) is 14.8. The molecule has 0 heterocycles. The van der Waals surface area contributed by atoms with Crippen molar-refractivity contribution in [1.29, 1.82) is 0 Å². The van der Waals surface area contributed by atoms with E-state index in [4.69, 9.17) is 5.11 Å². The molecule has 0 radical (unpaired) electrons. The van der Waals surface area contributed by atoms with Gasteiger partial charge in [-0.15, -0.1) is 0 Å². The van der Waals surface area contributed by atoms with Gasteiger partial charge in [-0.05, 0) is 25.7 Å². The summed E-state index contributed by atoms with van der Waals surface area (Å²) in [5.74, 6) is -0.756. The lowest BCUT2D eigenvalue weighted by atomic mass is 9.93. The van der Waals surface area contributed by atoms with Gasteiger partial charge in [-0.3, -0.25) is 4.79 Å². The van der Waals surface area contributed by atoms with Gasteiger partial charge in [0.25, 0.3) is 0 Å². The molecule has 0 bridgehead atoms. The Morgan fingerprint density at radius 3 is 2.45 bits per heavy atom. The van der Waals surface area contributed by atoms with Crippen molar-refractivity contribution in [2.24, 2.45) is 0 Å². The number of carbonyl (C=O) groups excluding carboxylic acids is 1. The number of hydrogen-bond acceptors (Lipinski definition) is 3. The van der Waals surface area contributed by atoms with Crippen LogP contribution in [0.25, 0.3) is 0 Å². The van der Waals surface area contributed by atoms with E-state index in [2.05, 4.69) is 10.6 Å². The smallest absolute Gasteiger partial charge is 0.315 e. The number of aliphatic hydroxyl groups is 1. The monoisotopic (exact) mass is 286 g/mol. The highest BCUT2D eigenvalue weighted by atomic mass is 16.4. The van der Waals surface area contributed by atoms with Crippen LogP contribution in [0.1, 0.15) is 57.8 Å². The van der Waals surface area contributed by atoms with Gasteiger partial charge in [0.2, 0.25) is 0 Å². The van der Waals surface area contributed by atoms with Gasteiger partial charge in [0, 0.05) is 13.0 Å². The summed E-state index contributed by atoms with van der Waals surface area (Å²) in [6.07, 6.45) is 6.78. The van der Waals surface area contributed by atoms with E-state index in [1.54, 1.807) is 0 Å². The molecule has 0 spiro atoms. The van der Waals surface area contributed by atoms with Gasteiger partial charge in [-0.25, -0.2) is 4.79 Å². The number of hydrogen-bond donors (Lipinski definition) is 4. The average Bonchev–Trinajstić information content (AvgIpc) is 2.40. The first-order valence-corrected chi connectivity index (χ1v) is 7.54. The largest absolute Gasteiger partial charge is 0.481 e. The molecule has 6 nitrogen and oxygen atoms in total. The van der Waals surface area contributed by atoms with Crippen LogP contribution < -0.4 is 10.6 Å². The lowest BCUT2D eigenvalue weighted by molar-refractivity contribution is -0.137. The van der Waals surface area contributed by atoms with Crippen molar-refractivity contribution in [3.63, 3.8) is 0 Å². The van der Waals surface area contributed by atoms with Gasteiger partial charge in [0.15, 0.2) is 0 Å². The van der Waals surface area contributed by atoms with Crippen LogP contribution >= 0.6 is 0 Å². The fourth-order valence-corrected chi connectivity index (χ4v) is 2.46. The molecule has 4 N–H and O–H groups in total. The molecule has 116 valence electrons. The van der Waals surface area contributed by atoms with E-state index in [1.165, 1.54) is 0 Å². The molecule has 0 saturated heterocycles. The first-order chi connectivity index (χ1) is 9.59. The van der Waals surface area contributed by atoms with Crippen LogP contribution in [-0.4, -0.2) is 40.9 Å². The number of carboxylic acid groups (broad SMARTS) is 1. The second-order valence-corrected chi connectivity index (χ2v) is 5.42. The van der Waals surface area contributed by atoms with E-state index < -0.39 is 12.1 Å². The number of aliphatic carboxylic acids is 1. The van der Waals surface area contributed by atoms with E-state index in [0.29, 0.717) is 13.0 Å². The van der Waals surface area contributed by atoms with Crippen molar-refractivity contribution in [2.45, 2.75) is 69.9 Å². The van der Waals surface area contributed by atoms with Crippen LogP contribution in [0.5, 0.6) is 0 Å². The molecule has 1 aliphatic carbocycles. The number of amides is 2. The summed E-state index contributed by atoms with van der Waals surface area (Å²) in [5, 5.41) is 23.8. The molecule has 0 aromatic carbocycles. The van der Waals surface area contributed by atoms with Gasteiger partial charge >= 0.3 is 12.0 Å². The highest BCUT2D eigenvalue weighted by molar-refractivity contribution is 5.74. The predicted molar refractivity (Wildman–Crippen MR) is 75.5 cm³/mol. The quantitative estimate of drug-likeness (QED) is 0.510. The Balaban J connectivity index is 1.98. The Hall–Kier alpha value is -1.30. The minimum atomic E-state index is -0.756. The van der Waals surface area contributed by atoms with Gasteiger partial charge < -0.3 is 20.8 Å². The van der Waals surface area contributed by atoms with E-state index in [1.807, 2.05) is 0 Å². The van der Waals surface area contributed by atoms with Crippen molar-refractivity contribution in [1.82, 2.24) is 10.6 Å². The van der Waals surface area contributed by atoms with Gasteiger partial charge in [-0.2, -0.15) is 0 Å². The summed E-state index contributed by atoms with van der Waals surface area (Å²) in [5.41, 5.74) is 0. The minimum absolute atomic E-state index is 0.126. The number of unbranched alkanes of at least 4 members (excludes halogenated alkanes) is 3. The third kappa shape index (κ3) is 7.33. The van der Waals surface area contributed by atoms with Gasteiger partial charge in [0.05, 0.1) is 12.1 Å². The van der Waals surface area contributed by atoms with E-state index in [-0.39, 0.29) is 18.5 Å². The van der Waals surface area contributed by atoms with E-state index >= 15 is 0 Å². The number of rotatable bonds is 8. The topological polar surface area (TPSA) is 98.7 Å². The Kier molecular flexibility index (Phi) is 8.02. The number of carboxylic acids is 1. The maximum atomic E-state index is 11.6. The lowest BCUT2D eigenvalue weighted by Crippen LogP contribution is -2.49. The zero-order valence-corrected chi connectivity index (χ0v) is 11.9. The molecule has 6 heteroatoms. The first-order valence-electron chi connectivity index (χ1n) is 7.54. The second-order valence-electron chi connectivity index (χ2n) is 5.42. The van der Waals surface area contributed by atoms with Crippen molar-refractivity contribution in [2.75, 3.05) is 6.54 Å². The van der Waals surface area contributed by atoms with Gasteiger partial charge in [-0.1, -0.05) is 25.7 Å². The first kappa shape index (κ1) is 16.8. The average molecular weight is 286 g/mol. The Labute approximate surface area is 119 Å². The molecular formula is C14H26N2O4. The van der Waals surface area contributed by atoms with Crippen molar-refractivity contribution in [3.05, 3.63) is 0 Å². The molecule has 0 aliphatic heterocycles. The number of nitrogens with one attached hydrogen (secondary N) is 2. The van der Waals surface area contributed by atoms with Crippen LogP contribution in [0.2, 0.25) is 0 Å². The summed E-state index contributed by atoms with van der Waals surface area (Å²) in [6.45, 7) is 0.585. The number of carbonyl (C=O) groups is 2. The maximum Gasteiger partial charge on any atom is 0.315 e. The number of urea groups is 1. The molecule has 0 aromatic rings. The summed E-state index contributed by atoms with van der Waals surface area (Å²) in [7, 11) is 0. The summed E-state index contributed by atoms with van der Waals surface area (Å²) >= 11 is 0. The Morgan fingerprint density at radius 2 is 1.75 bits per heavy atom. The van der Waals surface area contributed by atoms with Crippen LogP contribution in [0.4, 0.5) is 4.79 Å². The van der Waals surface area contributed by atoms with E-state index in [9.17, 15) is 14.7 Å². The van der Waals surface area contributed by atoms with E-state index in [0.717, 1.165) is 44.9 Å². The normalized spacial score (nSPS) is 22.2. The molecule has 1 rings (SSSR count). The predicted octanol–water partition coefficient (Wildman–Crippen LogP) is 1.62. The third-order valence-electron chi connectivity index (χ3n) is 3.65. The van der Waals surface area contributed by atoms with Crippen molar-refractivity contribution < 1.29 is 19.8 Å². The molecule has 2 unspecified atom stereocenters. The Morgan fingerprint density at radius 1 is 1.05 bits per heavy atom. The maximum absolute atomic E-state index is 11.6. The summed E-state index contributed by atoms with van der Waals surface area (Å²) in [4.78, 5) is 21.9. The summed E-state index contributed by atoms with van der Waals surface area (Å²) in [6, 6.07) is -0.346. The SMILES string of the molecule is O=C(O)CCCCCCNC(=O)NC1CCCCC1O. The highest BCUT2D eigenvalue weighted by Gasteiger charge is 2.24. The second kappa shape index (κ2) is 9.58. The van der Waals surface area contributed by atoms with Crippen LogP contribution in [0, 0.1) is 0 Å². The standard InChI is InChI=1S/C14H26N2O4/c17-12-8-5-4-7-11(12)16-14(20)15-10-6-2-1-3-9-13(18)19/h11-12,17H,1-10H2,(H,18,19)(H2,15,16,20). The van der Waals surface area contributed by atoms with Gasteiger partial charge in [0.1, 0.15) is 0 Å². The highest BCUT2D eigenvalue weighted by Crippen LogP contribution is 2.18. The number of aliphatic hydroxyl groups excluding tert-OH is 1. The van der Waals surface area contributed by atoms with Crippen LogP contribution in [0.15, 0.2) is 0 Å². The Bertz CT molecular complexity index is 310. The lowest BCUT2D eigenvalue weighted by Gasteiger charge is -2.28. The molecule has 1 saturated carbocycles. The minimum Gasteiger partial charge on any atom is -0.481 e. The molecular weight excluding hydrogens is 260 g/mol. The summed E-state index contributed by atoms with van der Waals surface area (Å²) < 4.78 is 0.